The molecule has 0 radical (unpaired) electrons. The Kier molecular flexibility index (Phi) is 5.94. The molecule has 0 fully saturated rings. The van der Waals surface area contributed by atoms with Crippen molar-refractivity contribution in [2.45, 2.75) is 33.1 Å². The molecule has 0 aliphatic carbocycles. The zero-order valence-electron chi connectivity index (χ0n) is 11.3. The number of hydrogen-bond donors (Lipinski definition) is 2. The van der Waals surface area contributed by atoms with Crippen molar-refractivity contribution < 1.29 is 9.18 Å². The number of nitrogens with two attached hydrogens (primary N) is 1. The van der Waals surface area contributed by atoms with Gasteiger partial charge in [0.15, 0.2) is 0 Å². The Balaban J connectivity index is 2.54. The van der Waals surface area contributed by atoms with Gasteiger partial charge in [-0.25, -0.2) is 4.39 Å². The van der Waals surface area contributed by atoms with Crippen LogP contribution in [-0.2, 0) is 4.79 Å². The number of anilines is 1. The number of benzene rings is 1. The second-order valence-corrected chi connectivity index (χ2v) is 6.29. The smallest absolute Gasteiger partial charge is 0.224 e. The standard InChI is InChI=1S/C14H20BrFN2O/c1-14(2,7-8-17)6-5-13(19)18-12-9-10(15)3-4-11(12)16/h3-4,9H,5-8,17H2,1-2H3,(H,18,19). The summed E-state index contributed by atoms with van der Waals surface area (Å²) in [6.07, 6.45) is 1.95. The van der Waals surface area contributed by atoms with Crippen LogP contribution in [0.2, 0.25) is 0 Å². The van der Waals surface area contributed by atoms with E-state index >= 15 is 0 Å². The first kappa shape index (κ1) is 16.1. The van der Waals surface area contributed by atoms with Gasteiger partial charge in [-0.2, -0.15) is 0 Å². The third kappa shape index (κ3) is 5.70. The number of amides is 1. The minimum Gasteiger partial charge on any atom is -0.330 e. The Labute approximate surface area is 121 Å². The van der Waals surface area contributed by atoms with Crippen LogP contribution in [-0.4, -0.2) is 12.5 Å². The quantitative estimate of drug-likeness (QED) is 0.835. The van der Waals surface area contributed by atoms with Gasteiger partial charge in [0, 0.05) is 10.9 Å². The highest BCUT2D eigenvalue weighted by Gasteiger charge is 2.18. The molecular formula is C14H20BrFN2O. The van der Waals surface area contributed by atoms with Crippen molar-refractivity contribution >= 4 is 27.5 Å². The molecule has 0 heterocycles. The van der Waals surface area contributed by atoms with Crippen LogP contribution in [0.5, 0.6) is 0 Å². The molecule has 0 unspecified atom stereocenters. The van der Waals surface area contributed by atoms with E-state index in [2.05, 4.69) is 35.1 Å². The minimum atomic E-state index is -0.433. The van der Waals surface area contributed by atoms with Gasteiger partial charge < -0.3 is 11.1 Å². The molecular weight excluding hydrogens is 311 g/mol. The van der Waals surface area contributed by atoms with Crippen LogP contribution in [0.3, 0.4) is 0 Å². The Morgan fingerprint density at radius 1 is 1.42 bits per heavy atom. The molecule has 0 bridgehead atoms. The van der Waals surface area contributed by atoms with Crippen LogP contribution >= 0.6 is 15.9 Å². The van der Waals surface area contributed by atoms with E-state index in [9.17, 15) is 9.18 Å². The number of carbonyl (C=O) groups excluding carboxylic acids is 1. The average Bonchev–Trinajstić information content (AvgIpc) is 2.31. The Bertz CT molecular complexity index is 449. The Morgan fingerprint density at radius 3 is 2.74 bits per heavy atom. The van der Waals surface area contributed by atoms with Crippen molar-refractivity contribution in [3.8, 4) is 0 Å². The molecule has 0 aliphatic rings. The number of rotatable bonds is 6. The van der Waals surface area contributed by atoms with Crippen molar-refractivity contribution in [3.05, 3.63) is 28.5 Å². The summed E-state index contributed by atoms with van der Waals surface area (Å²) >= 11 is 3.25. The molecule has 0 aromatic heterocycles. The van der Waals surface area contributed by atoms with Crippen LogP contribution in [0.25, 0.3) is 0 Å². The topological polar surface area (TPSA) is 55.1 Å². The van der Waals surface area contributed by atoms with Crippen LogP contribution in [0.15, 0.2) is 22.7 Å². The molecule has 5 heteroatoms. The van der Waals surface area contributed by atoms with Crippen molar-refractivity contribution in [2.75, 3.05) is 11.9 Å². The lowest BCUT2D eigenvalue weighted by atomic mass is 9.84. The fourth-order valence-electron chi connectivity index (χ4n) is 1.77. The summed E-state index contributed by atoms with van der Waals surface area (Å²) in [4.78, 5) is 11.8. The first-order chi connectivity index (χ1) is 8.84. The summed E-state index contributed by atoms with van der Waals surface area (Å²) < 4.78 is 14.2. The van der Waals surface area contributed by atoms with Crippen LogP contribution in [0.1, 0.15) is 33.1 Å². The van der Waals surface area contributed by atoms with Gasteiger partial charge in [-0.05, 0) is 43.0 Å². The fourth-order valence-corrected chi connectivity index (χ4v) is 2.13. The number of carbonyl (C=O) groups is 1. The first-order valence-corrected chi connectivity index (χ1v) is 7.08. The van der Waals surface area contributed by atoms with Gasteiger partial charge >= 0.3 is 0 Å². The van der Waals surface area contributed by atoms with Crippen LogP contribution in [0, 0.1) is 11.2 Å². The van der Waals surface area contributed by atoms with Gasteiger partial charge in [0.05, 0.1) is 5.69 Å². The number of halogens is 2. The third-order valence-corrected chi connectivity index (χ3v) is 3.55. The zero-order valence-corrected chi connectivity index (χ0v) is 12.9. The largest absolute Gasteiger partial charge is 0.330 e. The molecule has 0 atom stereocenters. The highest BCUT2D eigenvalue weighted by atomic mass is 79.9. The van der Waals surface area contributed by atoms with Crippen molar-refractivity contribution in [1.82, 2.24) is 0 Å². The second kappa shape index (κ2) is 7.01. The molecule has 3 nitrogen and oxygen atoms in total. The zero-order chi connectivity index (χ0) is 14.5. The summed E-state index contributed by atoms with van der Waals surface area (Å²) in [7, 11) is 0. The molecule has 1 aromatic carbocycles. The maximum absolute atomic E-state index is 13.5. The summed E-state index contributed by atoms with van der Waals surface area (Å²) in [6.45, 7) is 4.76. The normalized spacial score (nSPS) is 11.4. The van der Waals surface area contributed by atoms with Gasteiger partial charge in [0.2, 0.25) is 5.91 Å². The second-order valence-electron chi connectivity index (χ2n) is 5.38. The van der Waals surface area contributed by atoms with Gasteiger partial charge in [-0.1, -0.05) is 29.8 Å². The molecule has 0 aliphatic heterocycles. The predicted octanol–water partition coefficient (Wildman–Crippen LogP) is 3.68. The molecule has 19 heavy (non-hydrogen) atoms. The Morgan fingerprint density at radius 2 is 2.11 bits per heavy atom. The highest BCUT2D eigenvalue weighted by molar-refractivity contribution is 9.10. The fraction of sp³-hybridized carbons (Fsp3) is 0.500. The molecule has 1 aromatic rings. The van der Waals surface area contributed by atoms with Crippen molar-refractivity contribution in [2.24, 2.45) is 11.1 Å². The molecule has 1 rings (SSSR count). The highest BCUT2D eigenvalue weighted by Crippen LogP contribution is 2.26. The monoisotopic (exact) mass is 330 g/mol. The summed E-state index contributed by atoms with van der Waals surface area (Å²) in [5.41, 5.74) is 5.76. The number of hydrogen-bond acceptors (Lipinski definition) is 2. The number of nitrogens with one attached hydrogen (secondary N) is 1. The predicted molar refractivity (Wildman–Crippen MR) is 79.4 cm³/mol. The summed E-state index contributed by atoms with van der Waals surface area (Å²) in [5, 5.41) is 2.59. The Hall–Kier alpha value is -0.940. The SMILES string of the molecule is CC(C)(CCN)CCC(=O)Nc1cc(Br)ccc1F. The molecule has 1 amide bonds. The van der Waals surface area contributed by atoms with E-state index in [1.54, 1.807) is 12.1 Å². The van der Waals surface area contributed by atoms with E-state index in [0.717, 1.165) is 17.3 Å². The lowest BCUT2D eigenvalue weighted by molar-refractivity contribution is -0.116. The van der Waals surface area contributed by atoms with E-state index in [4.69, 9.17) is 5.73 Å². The van der Waals surface area contributed by atoms with E-state index in [1.807, 2.05) is 0 Å². The van der Waals surface area contributed by atoms with Gasteiger partial charge in [-0.3, -0.25) is 4.79 Å². The van der Waals surface area contributed by atoms with Crippen LogP contribution < -0.4 is 11.1 Å². The van der Waals surface area contributed by atoms with Crippen LogP contribution in [0.4, 0.5) is 10.1 Å². The summed E-state index contributed by atoms with van der Waals surface area (Å²) in [6, 6.07) is 4.46. The molecule has 0 saturated heterocycles. The lowest BCUT2D eigenvalue weighted by Crippen LogP contribution is -2.21. The molecule has 106 valence electrons. The average molecular weight is 331 g/mol. The van der Waals surface area contributed by atoms with E-state index < -0.39 is 5.82 Å². The van der Waals surface area contributed by atoms with Gasteiger partial charge in [0.1, 0.15) is 5.82 Å². The maximum atomic E-state index is 13.5. The maximum Gasteiger partial charge on any atom is 0.224 e. The van der Waals surface area contributed by atoms with E-state index in [-0.39, 0.29) is 17.0 Å². The van der Waals surface area contributed by atoms with E-state index in [1.165, 1.54) is 6.07 Å². The van der Waals surface area contributed by atoms with E-state index in [0.29, 0.717) is 13.0 Å². The minimum absolute atomic E-state index is 0.0297. The van der Waals surface area contributed by atoms with Gasteiger partial charge in [0.25, 0.3) is 0 Å². The molecule has 0 spiro atoms. The van der Waals surface area contributed by atoms with Gasteiger partial charge in [-0.15, -0.1) is 0 Å². The van der Waals surface area contributed by atoms with Crippen molar-refractivity contribution in [1.29, 1.82) is 0 Å². The van der Waals surface area contributed by atoms with Crippen molar-refractivity contribution in [3.63, 3.8) is 0 Å². The molecule has 0 saturated carbocycles. The lowest BCUT2D eigenvalue weighted by Gasteiger charge is -2.23. The molecule has 3 N–H and O–H groups in total. The third-order valence-electron chi connectivity index (χ3n) is 3.05. The first-order valence-electron chi connectivity index (χ1n) is 6.29. The summed E-state index contributed by atoms with van der Waals surface area (Å²) in [5.74, 6) is -0.611.